The van der Waals surface area contributed by atoms with Crippen molar-refractivity contribution in [2.24, 2.45) is 0 Å². The molecule has 1 aliphatic heterocycles. The number of ether oxygens (including phenoxy) is 1. The maximum absolute atomic E-state index is 12.4. The fraction of sp³-hybridized carbons (Fsp3) is 0.286. The molecule has 0 radical (unpaired) electrons. The maximum Gasteiger partial charge on any atom is 0.420 e. The second-order valence-corrected chi connectivity index (χ2v) is 6.84. The lowest BCUT2D eigenvalue weighted by Gasteiger charge is -2.26. The Kier molecular flexibility index (Phi) is 5.44. The van der Waals surface area contributed by atoms with Gasteiger partial charge in [0.15, 0.2) is 5.58 Å². The molecular formula is C21H21N3O5. The Morgan fingerprint density at radius 3 is 2.48 bits per heavy atom. The van der Waals surface area contributed by atoms with Gasteiger partial charge in [-0.2, -0.15) is 0 Å². The molecule has 0 unspecified atom stereocenters. The van der Waals surface area contributed by atoms with E-state index in [9.17, 15) is 14.4 Å². The highest BCUT2D eigenvalue weighted by Crippen LogP contribution is 2.14. The van der Waals surface area contributed by atoms with Gasteiger partial charge in [0.2, 0.25) is 11.8 Å². The molecule has 0 spiro atoms. The molecular weight excluding hydrogens is 374 g/mol. The van der Waals surface area contributed by atoms with Crippen LogP contribution in [0.5, 0.6) is 0 Å². The lowest BCUT2D eigenvalue weighted by Crippen LogP contribution is -2.41. The van der Waals surface area contributed by atoms with Crippen LogP contribution < -0.4 is 11.1 Å². The van der Waals surface area contributed by atoms with Crippen molar-refractivity contribution >= 4 is 28.6 Å². The zero-order valence-electron chi connectivity index (χ0n) is 15.8. The van der Waals surface area contributed by atoms with Gasteiger partial charge in [0.1, 0.15) is 6.54 Å². The summed E-state index contributed by atoms with van der Waals surface area (Å²) < 4.78 is 11.7. The number of benzene rings is 2. The van der Waals surface area contributed by atoms with E-state index in [0.29, 0.717) is 49.5 Å². The van der Waals surface area contributed by atoms with Gasteiger partial charge in [-0.15, -0.1) is 0 Å². The van der Waals surface area contributed by atoms with Gasteiger partial charge in [0.25, 0.3) is 0 Å². The number of hydrogen-bond donors (Lipinski definition) is 1. The molecule has 29 heavy (non-hydrogen) atoms. The van der Waals surface area contributed by atoms with Crippen LogP contribution in [0.1, 0.15) is 5.56 Å². The summed E-state index contributed by atoms with van der Waals surface area (Å²) in [6.07, 6.45) is 0.310. The number of carbonyl (C=O) groups is 2. The van der Waals surface area contributed by atoms with E-state index in [0.717, 1.165) is 5.56 Å². The van der Waals surface area contributed by atoms with Gasteiger partial charge in [-0.25, -0.2) is 4.79 Å². The molecule has 1 aromatic heterocycles. The smallest absolute Gasteiger partial charge is 0.408 e. The SMILES string of the molecule is O=C(Cn1c(=O)oc2ccccc21)Nc1ccc(CC(=O)N2CCOCC2)cc1. The third kappa shape index (κ3) is 4.38. The number of hydrogen-bond acceptors (Lipinski definition) is 5. The van der Waals surface area contributed by atoms with Gasteiger partial charge in [-0.3, -0.25) is 14.2 Å². The minimum atomic E-state index is -0.571. The van der Waals surface area contributed by atoms with E-state index in [1.54, 1.807) is 41.3 Å². The summed E-state index contributed by atoms with van der Waals surface area (Å²) >= 11 is 0. The normalized spacial score (nSPS) is 14.1. The van der Waals surface area contributed by atoms with E-state index in [-0.39, 0.29) is 18.4 Å². The van der Waals surface area contributed by atoms with E-state index in [1.807, 2.05) is 12.1 Å². The highest BCUT2D eigenvalue weighted by atomic mass is 16.5. The summed E-state index contributed by atoms with van der Waals surface area (Å²) in [4.78, 5) is 38.4. The van der Waals surface area contributed by atoms with E-state index < -0.39 is 5.76 Å². The molecule has 150 valence electrons. The second-order valence-electron chi connectivity index (χ2n) is 6.84. The second kappa shape index (κ2) is 8.32. The quantitative estimate of drug-likeness (QED) is 0.709. The largest absolute Gasteiger partial charge is 0.420 e. The lowest BCUT2D eigenvalue weighted by molar-refractivity contribution is -0.134. The number of nitrogens with one attached hydrogen (secondary N) is 1. The topological polar surface area (TPSA) is 93.8 Å². The van der Waals surface area contributed by atoms with Crippen LogP contribution in [-0.4, -0.2) is 47.6 Å². The third-order valence-corrected chi connectivity index (χ3v) is 4.83. The van der Waals surface area contributed by atoms with E-state index in [2.05, 4.69) is 5.32 Å². The van der Waals surface area contributed by atoms with Crippen LogP contribution in [0.25, 0.3) is 11.1 Å². The van der Waals surface area contributed by atoms with Gasteiger partial charge in [-0.1, -0.05) is 24.3 Å². The highest BCUT2D eigenvalue weighted by molar-refractivity contribution is 5.91. The molecule has 0 bridgehead atoms. The lowest BCUT2D eigenvalue weighted by atomic mass is 10.1. The van der Waals surface area contributed by atoms with Crippen LogP contribution in [0.3, 0.4) is 0 Å². The molecule has 1 saturated heterocycles. The van der Waals surface area contributed by atoms with E-state index in [1.165, 1.54) is 4.57 Å². The summed E-state index contributed by atoms with van der Waals surface area (Å²) in [6.45, 7) is 2.24. The van der Waals surface area contributed by atoms with Crippen LogP contribution >= 0.6 is 0 Å². The first-order chi connectivity index (χ1) is 14.1. The van der Waals surface area contributed by atoms with Gasteiger partial charge >= 0.3 is 5.76 Å². The van der Waals surface area contributed by atoms with Crippen molar-refractivity contribution in [3.05, 3.63) is 64.6 Å². The fourth-order valence-corrected chi connectivity index (χ4v) is 3.31. The zero-order chi connectivity index (χ0) is 20.2. The van der Waals surface area contributed by atoms with Gasteiger partial charge in [-0.05, 0) is 29.8 Å². The predicted molar refractivity (Wildman–Crippen MR) is 107 cm³/mol. The Labute approximate surface area is 166 Å². The number of rotatable bonds is 5. The molecule has 0 saturated carbocycles. The number of aromatic nitrogens is 1. The Hall–Kier alpha value is -3.39. The summed E-state index contributed by atoms with van der Waals surface area (Å²) in [7, 11) is 0. The fourth-order valence-electron chi connectivity index (χ4n) is 3.31. The van der Waals surface area contributed by atoms with Gasteiger partial charge < -0.3 is 19.4 Å². The minimum Gasteiger partial charge on any atom is -0.408 e. The van der Waals surface area contributed by atoms with Gasteiger partial charge in [0, 0.05) is 18.8 Å². The predicted octanol–water partition coefficient (Wildman–Crippen LogP) is 1.63. The molecule has 2 aromatic carbocycles. The third-order valence-electron chi connectivity index (χ3n) is 4.83. The number of amides is 2. The molecule has 4 rings (SSSR count). The number of fused-ring (bicyclic) bond motifs is 1. The number of nitrogens with zero attached hydrogens (tertiary/aromatic N) is 2. The first-order valence-electron chi connectivity index (χ1n) is 9.43. The average molecular weight is 395 g/mol. The van der Waals surface area contributed by atoms with E-state index in [4.69, 9.17) is 9.15 Å². The monoisotopic (exact) mass is 395 g/mol. The van der Waals surface area contributed by atoms with Crippen LogP contribution in [0.4, 0.5) is 5.69 Å². The van der Waals surface area contributed by atoms with Gasteiger partial charge in [0.05, 0.1) is 25.2 Å². The van der Waals surface area contributed by atoms with Crippen LogP contribution in [0.15, 0.2) is 57.7 Å². The van der Waals surface area contributed by atoms with Crippen LogP contribution in [0.2, 0.25) is 0 Å². The summed E-state index contributed by atoms with van der Waals surface area (Å²) in [5, 5.41) is 2.76. The Morgan fingerprint density at radius 2 is 1.72 bits per heavy atom. The standard InChI is InChI=1S/C21H21N3O5/c25-19(14-24-17-3-1-2-4-18(17)29-21(24)27)22-16-7-5-15(6-8-16)13-20(26)23-9-11-28-12-10-23/h1-8H,9-14H2,(H,22,25). The van der Waals surface area contributed by atoms with Crippen LogP contribution in [0, 0.1) is 0 Å². The molecule has 1 aliphatic rings. The maximum atomic E-state index is 12.4. The van der Waals surface area contributed by atoms with E-state index >= 15 is 0 Å². The summed E-state index contributed by atoms with van der Waals surface area (Å²) in [6, 6.07) is 14.1. The van der Waals surface area contributed by atoms with Crippen molar-refractivity contribution in [1.82, 2.24) is 9.47 Å². The van der Waals surface area contributed by atoms with Crippen molar-refractivity contribution < 1.29 is 18.7 Å². The average Bonchev–Trinajstić information content (AvgIpc) is 3.05. The summed E-state index contributed by atoms with van der Waals surface area (Å²) in [5.41, 5.74) is 2.49. The molecule has 1 fully saturated rings. The number of para-hydroxylation sites is 2. The Bertz CT molecular complexity index is 1080. The first kappa shape index (κ1) is 18.9. The molecule has 8 nitrogen and oxygen atoms in total. The Morgan fingerprint density at radius 1 is 1.00 bits per heavy atom. The minimum absolute atomic E-state index is 0.0660. The van der Waals surface area contributed by atoms with Crippen LogP contribution in [-0.2, 0) is 27.3 Å². The zero-order valence-corrected chi connectivity index (χ0v) is 15.8. The molecule has 8 heteroatoms. The molecule has 3 aromatic rings. The van der Waals surface area contributed by atoms with Crippen molar-refractivity contribution in [1.29, 1.82) is 0 Å². The molecule has 0 aliphatic carbocycles. The summed E-state index contributed by atoms with van der Waals surface area (Å²) in [5.74, 6) is -0.842. The number of carbonyl (C=O) groups excluding carboxylic acids is 2. The number of oxazole rings is 1. The molecule has 1 N–H and O–H groups in total. The highest BCUT2D eigenvalue weighted by Gasteiger charge is 2.17. The van der Waals surface area contributed by atoms with Crippen molar-refractivity contribution in [2.45, 2.75) is 13.0 Å². The molecule has 2 amide bonds. The number of anilines is 1. The Balaban J connectivity index is 1.37. The number of morpholine rings is 1. The molecule has 0 atom stereocenters. The van der Waals surface area contributed by atoms with Crippen molar-refractivity contribution in [3.63, 3.8) is 0 Å². The van der Waals surface area contributed by atoms with Crippen molar-refractivity contribution in [3.8, 4) is 0 Å². The molecule has 2 heterocycles. The van der Waals surface area contributed by atoms with Crippen molar-refractivity contribution in [2.75, 3.05) is 31.6 Å². The first-order valence-corrected chi connectivity index (χ1v) is 9.43.